The molecule has 7 nitrogen and oxygen atoms in total. The Balaban J connectivity index is 1.59. The zero-order valence-corrected chi connectivity index (χ0v) is 13.2. The van der Waals surface area contributed by atoms with Gasteiger partial charge in [-0.15, -0.1) is 0 Å². The summed E-state index contributed by atoms with van der Waals surface area (Å²) in [5.41, 5.74) is 8.20. The van der Waals surface area contributed by atoms with Gasteiger partial charge in [0.1, 0.15) is 6.04 Å². The molecule has 24 heavy (non-hydrogen) atoms. The zero-order valence-electron chi connectivity index (χ0n) is 13.2. The molecule has 0 spiro atoms. The van der Waals surface area contributed by atoms with Gasteiger partial charge in [-0.3, -0.25) is 9.78 Å². The van der Waals surface area contributed by atoms with Crippen molar-refractivity contribution in [3.8, 4) is 0 Å². The van der Waals surface area contributed by atoms with Gasteiger partial charge in [0.2, 0.25) is 5.91 Å². The molecule has 0 bridgehead atoms. The summed E-state index contributed by atoms with van der Waals surface area (Å²) < 4.78 is 4.64. The summed E-state index contributed by atoms with van der Waals surface area (Å²) in [7, 11) is 1.33. The van der Waals surface area contributed by atoms with E-state index in [2.05, 4.69) is 25.9 Å². The minimum atomic E-state index is -0.408. The fourth-order valence-corrected chi connectivity index (χ4v) is 2.57. The molecule has 3 N–H and O–H groups in total. The van der Waals surface area contributed by atoms with Gasteiger partial charge < -0.3 is 10.1 Å². The third-order valence-corrected chi connectivity index (χ3v) is 3.88. The third kappa shape index (κ3) is 3.58. The molecule has 2 atom stereocenters. The number of ether oxygens (including phenoxy) is 1. The van der Waals surface area contributed by atoms with Crippen LogP contribution in [0.15, 0.2) is 48.8 Å². The highest BCUT2D eigenvalue weighted by atomic mass is 16.5. The molecule has 0 radical (unpaired) electrons. The maximum Gasteiger partial charge on any atom is 0.337 e. The van der Waals surface area contributed by atoms with Crippen molar-refractivity contribution in [3.63, 3.8) is 0 Å². The van der Waals surface area contributed by atoms with Crippen LogP contribution in [-0.4, -0.2) is 30.0 Å². The Kier molecular flexibility index (Phi) is 4.83. The number of amides is 1. The first-order chi connectivity index (χ1) is 11.7. The number of hydrazine groups is 1. The van der Waals surface area contributed by atoms with Crippen LogP contribution in [0.4, 0.5) is 5.69 Å². The monoisotopic (exact) mass is 326 g/mol. The van der Waals surface area contributed by atoms with E-state index >= 15 is 0 Å². The Hall–Kier alpha value is -2.77. The summed E-state index contributed by atoms with van der Waals surface area (Å²) in [6.45, 7) is 0. The van der Waals surface area contributed by atoms with Crippen LogP contribution >= 0.6 is 0 Å². The lowest BCUT2D eigenvalue weighted by atomic mass is 10.0. The van der Waals surface area contributed by atoms with E-state index in [1.807, 2.05) is 12.1 Å². The predicted molar refractivity (Wildman–Crippen MR) is 88.1 cm³/mol. The Morgan fingerprint density at radius 1 is 1.21 bits per heavy atom. The molecule has 1 aliphatic rings. The van der Waals surface area contributed by atoms with Gasteiger partial charge in [-0.25, -0.2) is 15.6 Å². The van der Waals surface area contributed by atoms with Crippen molar-refractivity contribution in [2.75, 3.05) is 12.4 Å². The molecular formula is C17H18N4O3. The number of hydrogen-bond acceptors (Lipinski definition) is 6. The van der Waals surface area contributed by atoms with Crippen LogP contribution in [0.1, 0.15) is 28.4 Å². The number of anilines is 1. The molecule has 2 aromatic rings. The van der Waals surface area contributed by atoms with Crippen molar-refractivity contribution in [1.29, 1.82) is 0 Å². The van der Waals surface area contributed by atoms with E-state index in [1.165, 1.54) is 7.11 Å². The van der Waals surface area contributed by atoms with Gasteiger partial charge in [0.05, 0.1) is 12.7 Å². The minimum absolute atomic E-state index is 0.0381. The lowest BCUT2D eigenvalue weighted by molar-refractivity contribution is -0.117. The second kappa shape index (κ2) is 7.20. The Morgan fingerprint density at radius 3 is 2.67 bits per heavy atom. The van der Waals surface area contributed by atoms with Crippen molar-refractivity contribution in [2.24, 2.45) is 0 Å². The van der Waals surface area contributed by atoms with E-state index in [0.29, 0.717) is 17.7 Å². The zero-order chi connectivity index (χ0) is 16.9. The van der Waals surface area contributed by atoms with Crippen LogP contribution in [0.5, 0.6) is 0 Å². The number of pyridine rings is 1. The van der Waals surface area contributed by atoms with Crippen molar-refractivity contribution in [1.82, 2.24) is 15.8 Å². The lowest BCUT2D eigenvalue weighted by Crippen LogP contribution is -2.39. The molecule has 124 valence electrons. The number of aromatic nitrogens is 1. The van der Waals surface area contributed by atoms with Gasteiger partial charge in [0, 0.05) is 24.1 Å². The van der Waals surface area contributed by atoms with Gasteiger partial charge in [-0.1, -0.05) is 6.07 Å². The number of nitrogens with zero attached hydrogens (tertiary/aromatic N) is 1. The van der Waals surface area contributed by atoms with Crippen LogP contribution in [0.25, 0.3) is 0 Å². The van der Waals surface area contributed by atoms with Crippen LogP contribution in [0.2, 0.25) is 0 Å². The van der Waals surface area contributed by atoms with E-state index in [1.54, 1.807) is 36.7 Å². The Morgan fingerprint density at radius 2 is 2.00 bits per heavy atom. The average Bonchev–Trinajstić information content (AvgIpc) is 3.13. The molecular weight excluding hydrogens is 308 g/mol. The number of hydrogen-bond donors (Lipinski definition) is 3. The molecule has 1 aromatic heterocycles. The van der Waals surface area contributed by atoms with Gasteiger partial charge in [-0.05, 0) is 42.3 Å². The summed E-state index contributed by atoms with van der Waals surface area (Å²) >= 11 is 0. The second-order valence-corrected chi connectivity index (χ2v) is 5.47. The molecule has 2 heterocycles. The molecule has 0 saturated carbocycles. The topological polar surface area (TPSA) is 92.3 Å². The second-order valence-electron chi connectivity index (χ2n) is 5.47. The van der Waals surface area contributed by atoms with E-state index < -0.39 is 5.97 Å². The number of esters is 1. The van der Waals surface area contributed by atoms with Gasteiger partial charge in [-0.2, -0.15) is 0 Å². The summed E-state index contributed by atoms with van der Waals surface area (Å²) in [4.78, 5) is 27.8. The first-order valence-electron chi connectivity index (χ1n) is 7.57. The van der Waals surface area contributed by atoms with Crippen molar-refractivity contribution < 1.29 is 14.3 Å². The number of methoxy groups -OCH3 is 1. The van der Waals surface area contributed by atoms with Gasteiger partial charge in [0.15, 0.2) is 0 Å². The standard InChI is InChI=1S/C17H18N4O3/c1-24-17(23)11-4-6-13(7-5-11)19-16(22)15-9-14(20-21-15)12-3-2-8-18-10-12/h2-8,10,14-15,20-21H,9H2,1H3,(H,19,22). The van der Waals surface area contributed by atoms with E-state index in [-0.39, 0.29) is 18.0 Å². The average molecular weight is 326 g/mol. The highest BCUT2D eigenvalue weighted by Gasteiger charge is 2.30. The van der Waals surface area contributed by atoms with Gasteiger partial charge >= 0.3 is 5.97 Å². The smallest absolute Gasteiger partial charge is 0.337 e. The lowest BCUT2D eigenvalue weighted by Gasteiger charge is -2.11. The Labute approximate surface area is 139 Å². The number of benzene rings is 1. The first kappa shape index (κ1) is 16.1. The molecule has 1 aliphatic heterocycles. The molecule has 1 amide bonds. The summed E-state index contributed by atoms with van der Waals surface area (Å²) in [6.07, 6.45) is 4.12. The SMILES string of the molecule is COC(=O)c1ccc(NC(=O)C2CC(c3cccnc3)NN2)cc1. The van der Waals surface area contributed by atoms with E-state index in [0.717, 1.165) is 5.56 Å². The van der Waals surface area contributed by atoms with Crippen molar-refractivity contribution >= 4 is 17.6 Å². The summed E-state index contributed by atoms with van der Waals surface area (Å²) in [6, 6.07) is 10.1. The summed E-state index contributed by atoms with van der Waals surface area (Å²) in [5, 5.41) is 2.83. The number of nitrogens with one attached hydrogen (secondary N) is 3. The first-order valence-corrected chi connectivity index (χ1v) is 7.57. The van der Waals surface area contributed by atoms with Crippen molar-refractivity contribution in [3.05, 3.63) is 59.9 Å². The number of carbonyl (C=O) groups is 2. The van der Waals surface area contributed by atoms with Crippen molar-refractivity contribution in [2.45, 2.75) is 18.5 Å². The third-order valence-electron chi connectivity index (χ3n) is 3.88. The molecule has 1 fully saturated rings. The number of carbonyl (C=O) groups excluding carboxylic acids is 2. The highest BCUT2D eigenvalue weighted by Crippen LogP contribution is 2.22. The molecule has 1 aromatic carbocycles. The predicted octanol–water partition coefficient (Wildman–Crippen LogP) is 1.41. The Bertz CT molecular complexity index is 718. The van der Waals surface area contributed by atoms with Crippen LogP contribution in [0, 0.1) is 0 Å². The van der Waals surface area contributed by atoms with E-state index in [9.17, 15) is 9.59 Å². The maximum absolute atomic E-state index is 12.3. The van der Waals surface area contributed by atoms with E-state index in [4.69, 9.17) is 0 Å². The molecule has 7 heteroatoms. The summed E-state index contributed by atoms with van der Waals surface area (Å²) in [5.74, 6) is -0.548. The molecule has 2 unspecified atom stereocenters. The van der Waals surface area contributed by atoms with Crippen LogP contribution in [-0.2, 0) is 9.53 Å². The largest absolute Gasteiger partial charge is 0.465 e. The normalized spacial score (nSPS) is 19.7. The fourth-order valence-electron chi connectivity index (χ4n) is 2.57. The highest BCUT2D eigenvalue weighted by molar-refractivity contribution is 5.96. The fraction of sp³-hybridized carbons (Fsp3) is 0.235. The maximum atomic E-state index is 12.3. The molecule has 3 rings (SSSR count). The molecule has 0 aliphatic carbocycles. The quantitative estimate of drug-likeness (QED) is 0.736. The van der Waals surface area contributed by atoms with Crippen LogP contribution in [0.3, 0.4) is 0 Å². The molecule has 1 saturated heterocycles. The minimum Gasteiger partial charge on any atom is -0.465 e. The number of rotatable bonds is 4. The van der Waals surface area contributed by atoms with Gasteiger partial charge in [0.25, 0.3) is 0 Å². The van der Waals surface area contributed by atoms with Crippen LogP contribution < -0.4 is 16.2 Å².